The topological polar surface area (TPSA) is 40.7 Å². The molecule has 0 aliphatic carbocycles. The zero-order valence-electron chi connectivity index (χ0n) is 7.62. The highest BCUT2D eigenvalue weighted by Crippen LogP contribution is 2.22. The Labute approximate surface area is 109 Å². The molecule has 2 aromatic heterocycles. The summed E-state index contributed by atoms with van der Waals surface area (Å²) in [5.41, 5.74) is 0. The van der Waals surface area contributed by atoms with Gasteiger partial charge in [-0.2, -0.15) is 0 Å². The standard InChI is InChI=1S/C8H8BrN3S3/c9-6-2-1-5(14-6)3-4-10-7-11-12-8(13)15-7/h1-2H,3-4H2,(H,10,11)(H,12,13). The fraction of sp³-hybridized carbons (Fsp3) is 0.250. The van der Waals surface area contributed by atoms with E-state index in [-0.39, 0.29) is 0 Å². The molecule has 0 radical (unpaired) electrons. The largest absolute Gasteiger partial charge is 0.360 e. The molecule has 2 heterocycles. The minimum absolute atomic E-state index is 0.705. The Bertz CT molecular complexity index is 487. The van der Waals surface area contributed by atoms with E-state index in [0.717, 1.165) is 18.1 Å². The van der Waals surface area contributed by atoms with Crippen LogP contribution in [0.25, 0.3) is 0 Å². The molecule has 0 bridgehead atoms. The van der Waals surface area contributed by atoms with Gasteiger partial charge in [0, 0.05) is 11.4 Å². The molecule has 2 N–H and O–H groups in total. The molecule has 7 heteroatoms. The van der Waals surface area contributed by atoms with Crippen molar-refractivity contribution in [2.24, 2.45) is 0 Å². The summed E-state index contributed by atoms with van der Waals surface area (Å²) in [4.78, 5) is 1.36. The molecule has 3 nitrogen and oxygen atoms in total. The number of aromatic nitrogens is 2. The Balaban J connectivity index is 1.82. The molecule has 0 spiro atoms. The lowest BCUT2D eigenvalue weighted by atomic mass is 10.3. The van der Waals surface area contributed by atoms with Crippen molar-refractivity contribution in [2.75, 3.05) is 11.9 Å². The minimum atomic E-state index is 0.705. The van der Waals surface area contributed by atoms with Crippen molar-refractivity contribution in [3.63, 3.8) is 0 Å². The Morgan fingerprint density at radius 2 is 2.33 bits per heavy atom. The molecule has 80 valence electrons. The molecule has 0 aromatic carbocycles. The third-order valence-electron chi connectivity index (χ3n) is 1.71. The van der Waals surface area contributed by atoms with Crippen molar-refractivity contribution in [1.82, 2.24) is 10.2 Å². The molecule has 0 saturated heterocycles. The Morgan fingerprint density at radius 1 is 1.47 bits per heavy atom. The Morgan fingerprint density at radius 3 is 2.93 bits per heavy atom. The van der Waals surface area contributed by atoms with Crippen molar-refractivity contribution in [1.29, 1.82) is 0 Å². The van der Waals surface area contributed by atoms with Gasteiger partial charge >= 0.3 is 0 Å². The molecule has 0 fully saturated rings. The second kappa shape index (κ2) is 5.20. The number of aromatic amines is 1. The number of hydrogen-bond donors (Lipinski definition) is 2. The Kier molecular flexibility index (Phi) is 3.90. The summed E-state index contributed by atoms with van der Waals surface area (Å²) in [6, 6.07) is 4.20. The monoisotopic (exact) mass is 321 g/mol. The van der Waals surface area contributed by atoms with E-state index in [2.05, 4.69) is 43.6 Å². The number of halogens is 1. The van der Waals surface area contributed by atoms with Crippen LogP contribution in [0.4, 0.5) is 5.13 Å². The first-order valence-corrected chi connectivity index (χ1v) is 7.11. The van der Waals surface area contributed by atoms with Crippen LogP contribution >= 0.6 is 50.8 Å². The van der Waals surface area contributed by atoms with Crippen LogP contribution in [0.5, 0.6) is 0 Å². The second-order valence-electron chi connectivity index (χ2n) is 2.80. The van der Waals surface area contributed by atoms with Gasteiger partial charge in [-0.1, -0.05) is 11.3 Å². The van der Waals surface area contributed by atoms with Crippen LogP contribution in [0.1, 0.15) is 4.88 Å². The van der Waals surface area contributed by atoms with E-state index >= 15 is 0 Å². The zero-order valence-corrected chi connectivity index (χ0v) is 11.7. The van der Waals surface area contributed by atoms with Crippen molar-refractivity contribution >= 4 is 56.0 Å². The van der Waals surface area contributed by atoms with Gasteiger partial charge in [0.05, 0.1) is 3.79 Å². The average Bonchev–Trinajstić information content (AvgIpc) is 2.76. The highest BCUT2D eigenvalue weighted by molar-refractivity contribution is 9.11. The molecular formula is C8H8BrN3S3. The van der Waals surface area contributed by atoms with Gasteiger partial charge in [0.2, 0.25) is 5.13 Å². The third kappa shape index (κ3) is 3.37. The highest BCUT2D eigenvalue weighted by Gasteiger charge is 1.99. The number of hydrogen-bond acceptors (Lipinski definition) is 5. The summed E-state index contributed by atoms with van der Waals surface area (Å²) in [6.07, 6.45) is 1.00. The van der Waals surface area contributed by atoms with Crippen LogP contribution in [-0.2, 0) is 6.42 Å². The average molecular weight is 322 g/mol. The van der Waals surface area contributed by atoms with E-state index in [4.69, 9.17) is 12.2 Å². The smallest absolute Gasteiger partial charge is 0.204 e. The minimum Gasteiger partial charge on any atom is -0.360 e. The molecule has 0 unspecified atom stereocenters. The molecule has 15 heavy (non-hydrogen) atoms. The molecule has 0 saturated carbocycles. The van der Waals surface area contributed by atoms with Crippen molar-refractivity contribution in [3.05, 3.63) is 24.8 Å². The lowest BCUT2D eigenvalue weighted by Crippen LogP contribution is -2.03. The first kappa shape index (κ1) is 11.3. The van der Waals surface area contributed by atoms with Crippen LogP contribution in [0, 0.1) is 3.95 Å². The number of anilines is 1. The van der Waals surface area contributed by atoms with E-state index in [1.165, 1.54) is 20.0 Å². The Hall–Kier alpha value is -0.240. The first-order valence-electron chi connectivity index (χ1n) is 4.27. The van der Waals surface area contributed by atoms with Gasteiger partial charge in [-0.05, 0) is 46.7 Å². The number of nitrogens with zero attached hydrogens (tertiary/aromatic N) is 1. The predicted molar refractivity (Wildman–Crippen MR) is 71.5 cm³/mol. The molecule has 2 aromatic rings. The quantitative estimate of drug-likeness (QED) is 0.844. The van der Waals surface area contributed by atoms with Crippen LogP contribution < -0.4 is 5.32 Å². The normalized spacial score (nSPS) is 10.5. The van der Waals surface area contributed by atoms with Crippen molar-refractivity contribution in [2.45, 2.75) is 6.42 Å². The van der Waals surface area contributed by atoms with Gasteiger partial charge in [0.1, 0.15) is 0 Å². The first-order chi connectivity index (χ1) is 7.24. The van der Waals surface area contributed by atoms with Crippen molar-refractivity contribution in [3.8, 4) is 0 Å². The fourth-order valence-corrected chi connectivity index (χ4v) is 3.38. The number of rotatable bonds is 4. The lowest BCUT2D eigenvalue weighted by molar-refractivity contribution is 1.01. The van der Waals surface area contributed by atoms with Crippen molar-refractivity contribution < 1.29 is 0 Å². The van der Waals surface area contributed by atoms with E-state index in [0.29, 0.717) is 3.95 Å². The SMILES string of the molecule is S=c1[nH]nc(NCCc2ccc(Br)s2)s1. The third-order valence-corrected chi connectivity index (χ3v) is 4.44. The van der Waals surface area contributed by atoms with Crippen LogP contribution in [0.3, 0.4) is 0 Å². The highest BCUT2D eigenvalue weighted by atomic mass is 79.9. The molecular weight excluding hydrogens is 314 g/mol. The number of H-pyrrole nitrogens is 1. The second-order valence-corrected chi connectivity index (χ2v) is 7.01. The lowest BCUT2D eigenvalue weighted by Gasteiger charge is -1.98. The molecule has 2 rings (SSSR count). The zero-order chi connectivity index (χ0) is 10.7. The molecule has 0 aliphatic rings. The number of nitrogens with one attached hydrogen (secondary N) is 2. The summed E-state index contributed by atoms with van der Waals surface area (Å²) in [5.74, 6) is 0. The summed E-state index contributed by atoms with van der Waals surface area (Å²) >= 11 is 11.6. The fourth-order valence-electron chi connectivity index (χ4n) is 1.08. The predicted octanol–water partition coefficient (Wildman–Crippen LogP) is 3.68. The van der Waals surface area contributed by atoms with Gasteiger partial charge in [0.25, 0.3) is 0 Å². The van der Waals surface area contributed by atoms with E-state index in [1.54, 1.807) is 11.3 Å². The molecule has 0 aliphatic heterocycles. The maximum absolute atomic E-state index is 4.94. The van der Waals surface area contributed by atoms with Gasteiger partial charge in [-0.25, -0.2) is 0 Å². The van der Waals surface area contributed by atoms with E-state index < -0.39 is 0 Å². The van der Waals surface area contributed by atoms with E-state index in [9.17, 15) is 0 Å². The van der Waals surface area contributed by atoms with Gasteiger partial charge in [-0.15, -0.1) is 16.4 Å². The van der Waals surface area contributed by atoms with Gasteiger partial charge in [0.15, 0.2) is 3.95 Å². The van der Waals surface area contributed by atoms with Gasteiger partial charge in [-0.3, -0.25) is 5.10 Å². The summed E-state index contributed by atoms with van der Waals surface area (Å²) in [5, 5.41) is 10.8. The summed E-state index contributed by atoms with van der Waals surface area (Å²) in [6.45, 7) is 0.878. The van der Waals surface area contributed by atoms with Crippen LogP contribution in [0.2, 0.25) is 0 Å². The van der Waals surface area contributed by atoms with Gasteiger partial charge < -0.3 is 5.32 Å². The molecule has 0 atom stereocenters. The van der Waals surface area contributed by atoms with E-state index in [1.807, 2.05) is 0 Å². The maximum atomic E-state index is 4.94. The van der Waals surface area contributed by atoms with Crippen LogP contribution in [0.15, 0.2) is 15.9 Å². The molecule has 0 amide bonds. The maximum Gasteiger partial charge on any atom is 0.204 e. The van der Waals surface area contributed by atoms with Crippen LogP contribution in [-0.4, -0.2) is 16.7 Å². The summed E-state index contributed by atoms with van der Waals surface area (Å²) in [7, 11) is 0. The summed E-state index contributed by atoms with van der Waals surface area (Å²) < 4.78 is 1.88. The number of thiophene rings is 1.